The van der Waals surface area contributed by atoms with Crippen LogP contribution in [0.3, 0.4) is 0 Å². The Bertz CT molecular complexity index is 996. The number of rotatable bonds is 9. The Hall–Kier alpha value is -3.38. The Morgan fingerprint density at radius 2 is 2.07 bits per heavy atom. The maximum absolute atomic E-state index is 12.3. The van der Waals surface area contributed by atoms with Gasteiger partial charge in [0.25, 0.3) is 0 Å². The first-order valence-corrected chi connectivity index (χ1v) is 9.97. The molecule has 6 nitrogen and oxygen atoms in total. The molecule has 0 fully saturated rings. The number of carbonyl (C=O) groups excluding carboxylic acids is 1. The molecule has 0 spiro atoms. The number of nitrogens with zero attached hydrogens (tertiary/aromatic N) is 2. The number of aliphatic hydroxyl groups excluding tert-OH is 1. The second-order valence-electron chi connectivity index (χ2n) is 6.97. The normalized spacial score (nSPS) is 12.1. The molecule has 0 radical (unpaired) electrons. The van der Waals surface area contributed by atoms with Crippen LogP contribution in [-0.4, -0.2) is 40.3 Å². The highest BCUT2D eigenvalue weighted by molar-refractivity contribution is 5.92. The summed E-state index contributed by atoms with van der Waals surface area (Å²) < 4.78 is 7.45. The Morgan fingerprint density at radius 1 is 1.27 bits per heavy atom. The fraction of sp³-hybridized carbons (Fsp3) is 0.250. The van der Waals surface area contributed by atoms with E-state index in [0.29, 0.717) is 12.2 Å². The van der Waals surface area contributed by atoms with Crippen molar-refractivity contribution in [3.8, 4) is 11.4 Å². The summed E-state index contributed by atoms with van der Waals surface area (Å²) in [5.41, 5.74) is 3.79. The van der Waals surface area contributed by atoms with E-state index >= 15 is 0 Å². The van der Waals surface area contributed by atoms with Crippen molar-refractivity contribution < 1.29 is 14.6 Å². The fourth-order valence-corrected chi connectivity index (χ4v) is 3.17. The largest absolute Gasteiger partial charge is 0.495 e. The molecule has 156 valence electrons. The monoisotopic (exact) mass is 405 g/mol. The van der Waals surface area contributed by atoms with Gasteiger partial charge in [0.2, 0.25) is 5.91 Å². The molecule has 2 aromatic carbocycles. The van der Waals surface area contributed by atoms with E-state index in [4.69, 9.17) is 4.74 Å². The molecule has 6 heteroatoms. The van der Waals surface area contributed by atoms with E-state index < -0.39 is 0 Å². The third-order valence-corrected chi connectivity index (χ3v) is 4.80. The van der Waals surface area contributed by atoms with Crippen molar-refractivity contribution in [3.05, 3.63) is 84.0 Å². The van der Waals surface area contributed by atoms with Crippen LogP contribution in [0.1, 0.15) is 23.7 Å². The Labute approximate surface area is 176 Å². The van der Waals surface area contributed by atoms with Gasteiger partial charge in [0.05, 0.1) is 37.5 Å². The van der Waals surface area contributed by atoms with Crippen LogP contribution >= 0.6 is 0 Å². The highest BCUT2D eigenvalue weighted by Crippen LogP contribution is 2.25. The molecule has 0 aliphatic rings. The van der Waals surface area contributed by atoms with Crippen LogP contribution in [0.25, 0.3) is 11.8 Å². The van der Waals surface area contributed by atoms with Crippen molar-refractivity contribution in [2.75, 3.05) is 13.7 Å². The molecular weight excluding hydrogens is 378 g/mol. The zero-order valence-corrected chi connectivity index (χ0v) is 17.3. The number of benzene rings is 2. The van der Waals surface area contributed by atoms with E-state index in [0.717, 1.165) is 28.9 Å². The Balaban J connectivity index is 1.66. The minimum absolute atomic E-state index is 0.123. The van der Waals surface area contributed by atoms with Gasteiger partial charge in [0.1, 0.15) is 5.75 Å². The minimum Gasteiger partial charge on any atom is -0.495 e. The topological polar surface area (TPSA) is 76.4 Å². The number of hydrogen-bond donors (Lipinski definition) is 2. The molecule has 1 heterocycles. The van der Waals surface area contributed by atoms with Crippen molar-refractivity contribution in [3.63, 3.8) is 0 Å². The standard InChI is InChI=1S/C24H27N3O3/c1-3-20-15-27(17-25-20)22-11-9-19(14-23(22)30-2)10-12-24(29)26-21(16-28)13-18-7-5-4-6-8-18/h4-12,14-15,17,21,28H,3,13,16H2,1-2H3,(H,26,29)/b12-10+/t21-/m1/s1. The van der Waals surface area contributed by atoms with Gasteiger partial charge in [-0.3, -0.25) is 4.79 Å². The number of hydrogen-bond acceptors (Lipinski definition) is 4. The van der Waals surface area contributed by atoms with Crippen LogP contribution in [0.15, 0.2) is 67.1 Å². The predicted molar refractivity (Wildman–Crippen MR) is 118 cm³/mol. The van der Waals surface area contributed by atoms with Crippen molar-refractivity contribution in [2.24, 2.45) is 0 Å². The van der Waals surface area contributed by atoms with Crippen molar-refractivity contribution >= 4 is 12.0 Å². The number of imidazole rings is 1. The highest BCUT2D eigenvalue weighted by atomic mass is 16.5. The average Bonchev–Trinajstić information content (AvgIpc) is 3.27. The lowest BCUT2D eigenvalue weighted by molar-refractivity contribution is -0.117. The van der Waals surface area contributed by atoms with E-state index in [1.165, 1.54) is 6.08 Å². The number of aromatic nitrogens is 2. The number of ether oxygens (including phenoxy) is 1. The van der Waals surface area contributed by atoms with Crippen molar-refractivity contribution in [1.82, 2.24) is 14.9 Å². The van der Waals surface area contributed by atoms with E-state index in [-0.39, 0.29) is 18.6 Å². The number of aryl methyl sites for hydroxylation is 1. The first-order chi connectivity index (χ1) is 14.6. The molecule has 1 atom stereocenters. The van der Waals surface area contributed by atoms with Gasteiger partial charge >= 0.3 is 0 Å². The highest BCUT2D eigenvalue weighted by Gasteiger charge is 2.11. The summed E-state index contributed by atoms with van der Waals surface area (Å²) in [7, 11) is 1.62. The lowest BCUT2D eigenvalue weighted by atomic mass is 10.1. The zero-order valence-electron chi connectivity index (χ0n) is 17.3. The summed E-state index contributed by atoms with van der Waals surface area (Å²) in [5.74, 6) is 0.435. The van der Waals surface area contributed by atoms with Crippen LogP contribution in [0.5, 0.6) is 5.75 Å². The van der Waals surface area contributed by atoms with Gasteiger partial charge < -0.3 is 19.7 Å². The Morgan fingerprint density at radius 3 is 2.73 bits per heavy atom. The average molecular weight is 405 g/mol. The van der Waals surface area contributed by atoms with Gasteiger partial charge in [-0.2, -0.15) is 0 Å². The molecule has 0 aliphatic heterocycles. The molecule has 30 heavy (non-hydrogen) atoms. The van der Waals surface area contributed by atoms with Gasteiger partial charge in [-0.25, -0.2) is 4.98 Å². The number of amides is 1. The van der Waals surface area contributed by atoms with E-state index in [1.807, 2.05) is 59.3 Å². The molecule has 0 bridgehead atoms. The number of nitrogens with one attached hydrogen (secondary N) is 1. The van der Waals surface area contributed by atoms with Crippen LogP contribution < -0.4 is 10.1 Å². The molecule has 3 rings (SSSR count). The van der Waals surface area contributed by atoms with Crippen molar-refractivity contribution in [1.29, 1.82) is 0 Å². The van der Waals surface area contributed by atoms with Gasteiger partial charge in [-0.15, -0.1) is 0 Å². The van der Waals surface area contributed by atoms with E-state index in [1.54, 1.807) is 19.5 Å². The maximum Gasteiger partial charge on any atom is 0.244 e. The van der Waals surface area contributed by atoms with Crippen molar-refractivity contribution in [2.45, 2.75) is 25.8 Å². The number of methoxy groups -OCH3 is 1. The molecular formula is C24H27N3O3. The lowest BCUT2D eigenvalue weighted by Crippen LogP contribution is -2.38. The van der Waals surface area contributed by atoms with Crippen LogP contribution in [0.2, 0.25) is 0 Å². The molecule has 3 aromatic rings. The van der Waals surface area contributed by atoms with E-state index in [9.17, 15) is 9.90 Å². The first kappa shape index (κ1) is 21.3. The molecule has 0 saturated heterocycles. The lowest BCUT2D eigenvalue weighted by Gasteiger charge is -2.15. The van der Waals surface area contributed by atoms with Gasteiger partial charge in [-0.05, 0) is 42.2 Å². The maximum atomic E-state index is 12.3. The summed E-state index contributed by atoms with van der Waals surface area (Å²) in [5, 5.41) is 12.4. The summed E-state index contributed by atoms with van der Waals surface area (Å²) in [6.07, 6.45) is 8.37. The quantitative estimate of drug-likeness (QED) is 0.536. The smallest absolute Gasteiger partial charge is 0.244 e. The summed E-state index contributed by atoms with van der Waals surface area (Å²) in [4.78, 5) is 16.7. The van der Waals surface area contributed by atoms with E-state index in [2.05, 4.69) is 17.2 Å². The third kappa shape index (κ3) is 5.58. The van der Waals surface area contributed by atoms with Gasteiger partial charge in [-0.1, -0.05) is 43.3 Å². The predicted octanol–water partition coefficient (Wildman–Crippen LogP) is 3.18. The van der Waals surface area contributed by atoms with Gasteiger partial charge in [0, 0.05) is 12.3 Å². The summed E-state index contributed by atoms with van der Waals surface area (Å²) >= 11 is 0. The zero-order chi connectivity index (χ0) is 21.3. The summed E-state index contributed by atoms with van der Waals surface area (Å²) in [6.45, 7) is 1.94. The van der Waals surface area contributed by atoms with Gasteiger partial charge in [0.15, 0.2) is 0 Å². The molecule has 0 saturated carbocycles. The minimum atomic E-state index is -0.338. The first-order valence-electron chi connectivity index (χ1n) is 9.97. The molecule has 1 amide bonds. The number of aliphatic hydroxyl groups is 1. The SMILES string of the molecule is CCc1cn(-c2ccc(/C=C/C(=O)N[C@@H](CO)Cc3ccccc3)cc2OC)cn1. The second kappa shape index (κ2) is 10.4. The van der Waals surface area contributed by atoms with Crippen LogP contribution in [0.4, 0.5) is 0 Å². The molecule has 0 unspecified atom stereocenters. The van der Waals surface area contributed by atoms with Crippen LogP contribution in [-0.2, 0) is 17.6 Å². The third-order valence-electron chi connectivity index (χ3n) is 4.80. The fourth-order valence-electron chi connectivity index (χ4n) is 3.17. The summed E-state index contributed by atoms with van der Waals surface area (Å²) in [6, 6.07) is 15.2. The number of carbonyl (C=O) groups is 1. The molecule has 0 aliphatic carbocycles. The van der Waals surface area contributed by atoms with Crippen LogP contribution in [0, 0.1) is 0 Å². The molecule has 1 aromatic heterocycles. The Kier molecular flexibility index (Phi) is 7.40. The second-order valence-corrected chi connectivity index (χ2v) is 6.97. The molecule has 2 N–H and O–H groups in total.